The van der Waals surface area contributed by atoms with Gasteiger partial charge >= 0.3 is 0 Å². The van der Waals surface area contributed by atoms with Crippen LogP contribution in [0.25, 0.3) is 0 Å². The highest BCUT2D eigenvalue weighted by Crippen LogP contribution is 2.22. The fourth-order valence-corrected chi connectivity index (χ4v) is 1.75. The van der Waals surface area contributed by atoms with Gasteiger partial charge in [-0.05, 0) is 12.1 Å². The Hall–Kier alpha value is -1.82. The lowest BCUT2D eigenvalue weighted by molar-refractivity contribution is 0.102. The Morgan fingerprint density at radius 1 is 1.28 bits per heavy atom. The molecule has 0 N–H and O–H groups in total. The third-order valence-corrected chi connectivity index (χ3v) is 2.67. The van der Waals surface area contributed by atoms with Crippen LogP contribution in [0.3, 0.4) is 0 Å². The second kappa shape index (κ2) is 4.45. The van der Waals surface area contributed by atoms with Gasteiger partial charge in [-0.2, -0.15) is 5.10 Å². The van der Waals surface area contributed by atoms with Crippen LogP contribution in [0.1, 0.15) is 16.1 Å². The van der Waals surface area contributed by atoms with Gasteiger partial charge in [-0.1, -0.05) is 11.6 Å². The van der Waals surface area contributed by atoms with Crippen LogP contribution in [0.4, 0.5) is 13.2 Å². The number of aryl methyl sites for hydroxylation is 1. The van der Waals surface area contributed by atoms with E-state index in [9.17, 15) is 18.0 Å². The molecule has 7 heteroatoms. The number of nitrogens with zero attached hydrogens (tertiary/aromatic N) is 2. The van der Waals surface area contributed by atoms with E-state index >= 15 is 0 Å². The lowest BCUT2D eigenvalue weighted by Gasteiger charge is -2.05. The number of benzene rings is 1. The molecule has 0 aliphatic carbocycles. The van der Waals surface area contributed by atoms with Crippen LogP contribution in [0.5, 0.6) is 0 Å². The smallest absolute Gasteiger partial charge is 0.215 e. The second-order valence-electron chi connectivity index (χ2n) is 3.52. The van der Waals surface area contributed by atoms with Crippen LogP contribution in [-0.4, -0.2) is 15.6 Å². The highest BCUT2D eigenvalue weighted by molar-refractivity contribution is 6.34. The number of carbonyl (C=O) groups is 1. The van der Waals surface area contributed by atoms with Crippen molar-refractivity contribution in [3.05, 3.63) is 52.1 Å². The van der Waals surface area contributed by atoms with E-state index in [0.717, 1.165) is 10.7 Å². The molecule has 2 rings (SSSR count). The SMILES string of the molecule is Cn1ncc(Cl)c1C(=O)c1ccc(F)c(F)c1F. The van der Waals surface area contributed by atoms with Crippen molar-refractivity contribution in [3.8, 4) is 0 Å². The minimum absolute atomic E-state index is 0.00614. The van der Waals surface area contributed by atoms with Gasteiger partial charge in [0.1, 0.15) is 5.69 Å². The molecule has 0 saturated heterocycles. The third kappa shape index (κ3) is 1.88. The van der Waals surface area contributed by atoms with E-state index in [2.05, 4.69) is 5.10 Å². The summed E-state index contributed by atoms with van der Waals surface area (Å²) in [5.74, 6) is -5.46. The molecule has 3 nitrogen and oxygen atoms in total. The molecule has 0 saturated carbocycles. The summed E-state index contributed by atoms with van der Waals surface area (Å²) in [6, 6.07) is 1.54. The summed E-state index contributed by atoms with van der Waals surface area (Å²) in [7, 11) is 1.43. The van der Waals surface area contributed by atoms with Gasteiger partial charge in [-0.3, -0.25) is 9.48 Å². The molecule has 2 aromatic rings. The number of aromatic nitrogens is 2. The molecule has 0 radical (unpaired) electrons. The molecule has 0 atom stereocenters. The van der Waals surface area contributed by atoms with Gasteiger partial charge < -0.3 is 0 Å². The van der Waals surface area contributed by atoms with Gasteiger partial charge in [-0.15, -0.1) is 0 Å². The molecule has 0 unspecified atom stereocenters. The molecule has 94 valence electrons. The normalized spacial score (nSPS) is 10.7. The zero-order valence-electron chi connectivity index (χ0n) is 9.05. The Morgan fingerprint density at radius 3 is 2.50 bits per heavy atom. The van der Waals surface area contributed by atoms with Crippen molar-refractivity contribution in [2.24, 2.45) is 7.05 Å². The van der Waals surface area contributed by atoms with Gasteiger partial charge in [-0.25, -0.2) is 13.2 Å². The van der Waals surface area contributed by atoms with Gasteiger partial charge in [0, 0.05) is 7.05 Å². The molecule has 0 spiro atoms. The molecule has 0 aliphatic rings. The number of halogens is 4. The lowest BCUT2D eigenvalue weighted by Crippen LogP contribution is -2.12. The zero-order chi connectivity index (χ0) is 13.4. The average Bonchev–Trinajstić information content (AvgIpc) is 2.65. The van der Waals surface area contributed by atoms with Crippen molar-refractivity contribution in [1.29, 1.82) is 0 Å². The van der Waals surface area contributed by atoms with Crippen LogP contribution < -0.4 is 0 Å². The maximum absolute atomic E-state index is 13.5. The molecule has 0 bridgehead atoms. The summed E-state index contributed by atoms with van der Waals surface area (Å²) in [5.41, 5.74) is -0.694. The first-order chi connectivity index (χ1) is 8.43. The van der Waals surface area contributed by atoms with Gasteiger partial charge in [0.05, 0.1) is 16.8 Å². The van der Waals surface area contributed by atoms with Crippen molar-refractivity contribution in [1.82, 2.24) is 9.78 Å². The van der Waals surface area contributed by atoms with Gasteiger partial charge in [0.25, 0.3) is 0 Å². The maximum Gasteiger partial charge on any atom is 0.215 e. The third-order valence-electron chi connectivity index (χ3n) is 2.39. The molecule has 0 fully saturated rings. The topological polar surface area (TPSA) is 34.9 Å². The number of hydrogen-bond donors (Lipinski definition) is 0. The van der Waals surface area contributed by atoms with E-state index in [1.807, 2.05) is 0 Å². The summed E-state index contributed by atoms with van der Waals surface area (Å²) < 4.78 is 40.4. The van der Waals surface area contributed by atoms with E-state index in [1.54, 1.807) is 0 Å². The largest absolute Gasteiger partial charge is 0.287 e. The Kier molecular flexibility index (Phi) is 3.13. The molecule has 18 heavy (non-hydrogen) atoms. The summed E-state index contributed by atoms with van der Waals surface area (Å²) in [4.78, 5) is 12.0. The number of carbonyl (C=O) groups excluding carboxylic acids is 1. The molecule has 1 aromatic carbocycles. The average molecular weight is 275 g/mol. The Morgan fingerprint density at radius 2 is 1.94 bits per heavy atom. The fraction of sp³-hybridized carbons (Fsp3) is 0.0909. The highest BCUT2D eigenvalue weighted by Gasteiger charge is 2.24. The quantitative estimate of drug-likeness (QED) is 0.623. The van der Waals surface area contributed by atoms with E-state index in [4.69, 9.17) is 11.6 Å². The van der Waals surface area contributed by atoms with Crippen molar-refractivity contribution in [2.75, 3.05) is 0 Å². The summed E-state index contributed by atoms with van der Waals surface area (Å²) in [6.45, 7) is 0. The first kappa shape index (κ1) is 12.6. The molecule has 0 aliphatic heterocycles. The Bertz CT molecular complexity index is 620. The number of rotatable bonds is 2. The summed E-state index contributed by atoms with van der Waals surface area (Å²) in [6.07, 6.45) is 1.20. The van der Waals surface area contributed by atoms with Crippen molar-refractivity contribution < 1.29 is 18.0 Å². The number of ketones is 1. The fourth-order valence-electron chi connectivity index (χ4n) is 1.49. The number of hydrogen-bond acceptors (Lipinski definition) is 2. The molecule has 0 amide bonds. The Balaban J connectivity index is 2.57. The molecular formula is C11H6ClF3N2O. The van der Waals surface area contributed by atoms with Crippen molar-refractivity contribution >= 4 is 17.4 Å². The maximum atomic E-state index is 13.5. The van der Waals surface area contributed by atoms with Crippen LogP contribution >= 0.6 is 11.6 Å². The predicted molar refractivity (Wildman–Crippen MR) is 58.0 cm³/mol. The van der Waals surface area contributed by atoms with Crippen LogP contribution in [-0.2, 0) is 7.05 Å². The van der Waals surface area contributed by atoms with Crippen LogP contribution in [0, 0.1) is 17.5 Å². The first-order valence-electron chi connectivity index (χ1n) is 4.79. The zero-order valence-corrected chi connectivity index (χ0v) is 9.80. The van der Waals surface area contributed by atoms with E-state index in [-0.39, 0.29) is 10.7 Å². The monoisotopic (exact) mass is 274 g/mol. The van der Waals surface area contributed by atoms with E-state index in [0.29, 0.717) is 6.07 Å². The molecular weight excluding hydrogens is 269 g/mol. The minimum atomic E-state index is -1.70. The first-order valence-corrected chi connectivity index (χ1v) is 5.17. The summed E-state index contributed by atoms with van der Waals surface area (Å²) >= 11 is 5.72. The Labute approximate surface area is 105 Å². The summed E-state index contributed by atoms with van der Waals surface area (Å²) in [5, 5.41) is 3.71. The standard InChI is InChI=1S/C11H6ClF3N2O/c1-17-10(6(12)4-16-17)11(18)5-2-3-7(13)9(15)8(5)14/h2-4H,1H3. The molecule has 1 heterocycles. The second-order valence-corrected chi connectivity index (χ2v) is 3.92. The van der Waals surface area contributed by atoms with Crippen LogP contribution in [0.2, 0.25) is 5.02 Å². The van der Waals surface area contributed by atoms with E-state index in [1.165, 1.54) is 13.2 Å². The highest BCUT2D eigenvalue weighted by atomic mass is 35.5. The predicted octanol–water partition coefficient (Wildman–Crippen LogP) is 2.72. The minimum Gasteiger partial charge on any atom is -0.287 e. The van der Waals surface area contributed by atoms with Crippen molar-refractivity contribution in [2.45, 2.75) is 0 Å². The molecule has 1 aromatic heterocycles. The van der Waals surface area contributed by atoms with Gasteiger partial charge in [0.2, 0.25) is 5.78 Å². The van der Waals surface area contributed by atoms with Crippen molar-refractivity contribution in [3.63, 3.8) is 0 Å². The van der Waals surface area contributed by atoms with Crippen LogP contribution in [0.15, 0.2) is 18.3 Å². The van der Waals surface area contributed by atoms with E-state index < -0.39 is 28.8 Å². The van der Waals surface area contributed by atoms with Gasteiger partial charge in [0.15, 0.2) is 17.5 Å². The lowest BCUT2D eigenvalue weighted by atomic mass is 10.1.